The third kappa shape index (κ3) is 10.9. The van der Waals surface area contributed by atoms with Crippen molar-refractivity contribution in [3.8, 4) is 5.75 Å². The molecule has 3 aromatic rings. The van der Waals surface area contributed by atoms with E-state index >= 15 is 0 Å². The van der Waals surface area contributed by atoms with Gasteiger partial charge >= 0.3 is 6.61 Å². The monoisotopic (exact) mass is 653 g/mol. The Morgan fingerprint density at radius 2 is 1.98 bits per heavy atom. The van der Waals surface area contributed by atoms with Crippen LogP contribution in [0.15, 0.2) is 84.2 Å². The normalized spacial score (nSPS) is 15.3. The molecule has 0 saturated carbocycles. The van der Waals surface area contributed by atoms with E-state index in [4.69, 9.17) is 14.2 Å². The van der Waals surface area contributed by atoms with Gasteiger partial charge in [-0.2, -0.15) is 8.78 Å². The van der Waals surface area contributed by atoms with Crippen LogP contribution in [0.5, 0.6) is 5.75 Å². The van der Waals surface area contributed by atoms with Gasteiger partial charge in [-0.1, -0.05) is 44.6 Å². The molecule has 0 saturated heterocycles. The molecule has 46 heavy (non-hydrogen) atoms. The fraction of sp³-hybridized carbons (Fsp3) is 0.371. The quantitative estimate of drug-likeness (QED) is 0.0873. The van der Waals surface area contributed by atoms with Crippen LogP contribution in [-0.2, 0) is 37.7 Å². The van der Waals surface area contributed by atoms with Gasteiger partial charge in [0.1, 0.15) is 5.75 Å². The second-order valence-corrected chi connectivity index (χ2v) is 12.1. The minimum absolute atomic E-state index is 0.0421. The molecule has 8 nitrogen and oxygen atoms in total. The number of carbonyl (C=O) groups is 1. The summed E-state index contributed by atoms with van der Waals surface area (Å²) < 4.78 is 57.3. The van der Waals surface area contributed by atoms with Crippen molar-refractivity contribution in [1.29, 1.82) is 0 Å². The fourth-order valence-corrected chi connectivity index (χ4v) is 5.89. The third-order valence-corrected chi connectivity index (χ3v) is 8.52. The number of anilines is 1. The number of hydrogen-bond acceptors (Lipinski definition) is 6. The molecule has 0 fully saturated rings. The number of aryl methyl sites for hydroxylation is 1. The Balaban J connectivity index is 1.35. The summed E-state index contributed by atoms with van der Waals surface area (Å²) >= 11 is -1.28. The van der Waals surface area contributed by atoms with Crippen LogP contribution in [0.2, 0.25) is 0 Å². The van der Waals surface area contributed by atoms with E-state index < -0.39 is 23.7 Å². The van der Waals surface area contributed by atoms with Crippen LogP contribution in [0.3, 0.4) is 0 Å². The predicted molar refractivity (Wildman–Crippen MR) is 177 cm³/mol. The van der Waals surface area contributed by atoms with E-state index in [2.05, 4.69) is 24.1 Å². The summed E-state index contributed by atoms with van der Waals surface area (Å²) in [6.45, 7) is 3.78. The lowest BCUT2D eigenvalue weighted by atomic mass is 9.96. The number of aromatic nitrogens is 2. The van der Waals surface area contributed by atoms with Gasteiger partial charge in [-0.15, -0.1) is 0 Å². The molecule has 1 N–H and O–H groups in total. The molecular weight excluding hydrogens is 612 g/mol. The molecule has 0 bridgehead atoms. The van der Waals surface area contributed by atoms with Crippen molar-refractivity contribution in [2.45, 2.75) is 69.4 Å². The maximum atomic E-state index is 13.1. The highest BCUT2D eigenvalue weighted by molar-refractivity contribution is 7.90. The number of rotatable bonds is 18. The Morgan fingerprint density at radius 3 is 2.70 bits per heavy atom. The van der Waals surface area contributed by atoms with Crippen molar-refractivity contribution < 1.29 is 32.3 Å². The van der Waals surface area contributed by atoms with E-state index in [9.17, 15) is 18.1 Å². The number of ether oxygens (including phenoxy) is 3. The van der Waals surface area contributed by atoms with Crippen LogP contribution < -0.4 is 10.1 Å². The molecule has 1 heterocycles. The van der Waals surface area contributed by atoms with Crippen LogP contribution in [0.25, 0.3) is 11.6 Å². The Labute approximate surface area is 272 Å². The molecule has 246 valence electrons. The van der Waals surface area contributed by atoms with Crippen LogP contribution in [0.4, 0.5) is 14.5 Å². The van der Waals surface area contributed by atoms with Gasteiger partial charge in [-0.05, 0) is 84.0 Å². The molecule has 0 aliphatic heterocycles. The predicted octanol–water partition coefficient (Wildman–Crippen LogP) is 7.40. The van der Waals surface area contributed by atoms with E-state index in [0.717, 1.165) is 49.2 Å². The highest BCUT2D eigenvalue weighted by atomic mass is 32.2. The second kappa shape index (κ2) is 18.4. The van der Waals surface area contributed by atoms with Crippen molar-refractivity contribution >= 4 is 34.4 Å². The molecule has 0 radical (unpaired) electrons. The zero-order chi connectivity index (χ0) is 32.7. The van der Waals surface area contributed by atoms with Gasteiger partial charge in [-0.25, -0.2) is 4.98 Å². The molecule has 11 heteroatoms. The van der Waals surface area contributed by atoms with Gasteiger partial charge in [0.15, 0.2) is 10.6 Å². The van der Waals surface area contributed by atoms with E-state index in [-0.39, 0.29) is 11.9 Å². The first-order chi connectivity index (χ1) is 22.4. The molecule has 1 aromatic heterocycles. The zero-order valence-corrected chi connectivity index (χ0v) is 27.0. The summed E-state index contributed by atoms with van der Waals surface area (Å²) in [7, 11) is 0. The second-order valence-electron chi connectivity index (χ2n) is 10.7. The van der Waals surface area contributed by atoms with Gasteiger partial charge in [0, 0.05) is 30.5 Å². The Morgan fingerprint density at radius 1 is 1.15 bits per heavy atom. The number of allylic oxidation sites excluding steroid dienone is 2. The van der Waals surface area contributed by atoms with E-state index in [0.29, 0.717) is 41.5 Å². The van der Waals surface area contributed by atoms with Gasteiger partial charge in [0.2, 0.25) is 5.91 Å². The molecule has 2 atom stereocenters. The number of carbonyl (C=O) groups excluding carboxylic acids is 1. The van der Waals surface area contributed by atoms with Gasteiger partial charge in [0.25, 0.3) is 0 Å². The average Bonchev–Trinajstić information content (AvgIpc) is 3.49. The molecule has 2 aromatic carbocycles. The summed E-state index contributed by atoms with van der Waals surface area (Å²) in [4.78, 5) is 17.5. The molecule has 1 amide bonds. The number of nitrogens with zero attached hydrogens (tertiary/aromatic N) is 2. The maximum absolute atomic E-state index is 13.1. The number of alkyl halides is 2. The number of nitrogens with one attached hydrogen (secondary N) is 1. The van der Waals surface area contributed by atoms with Gasteiger partial charge < -0.3 is 28.6 Å². The number of imidazole rings is 1. The molecular formula is C35H41F2N3O5S. The largest absolute Gasteiger partial charge is 0.611 e. The molecule has 1 aliphatic rings. The average molecular weight is 654 g/mol. The van der Waals surface area contributed by atoms with Crippen LogP contribution >= 0.6 is 0 Å². The van der Waals surface area contributed by atoms with E-state index in [1.54, 1.807) is 48.9 Å². The van der Waals surface area contributed by atoms with Crippen LogP contribution in [0, 0.1) is 0 Å². The first-order valence-electron chi connectivity index (χ1n) is 15.5. The Bertz CT molecular complexity index is 1490. The maximum Gasteiger partial charge on any atom is 0.387 e. The number of hydrogen-bond donors (Lipinski definition) is 1. The van der Waals surface area contributed by atoms with E-state index in [1.807, 2.05) is 22.8 Å². The van der Waals surface area contributed by atoms with Crippen molar-refractivity contribution in [3.63, 3.8) is 0 Å². The van der Waals surface area contributed by atoms with E-state index in [1.165, 1.54) is 18.2 Å². The van der Waals surface area contributed by atoms with Gasteiger partial charge in [-0.3, -0.25) is 4.79 Å². The molecule has 1 unspecified atom stereocenters. The Kier molecular flexibility index (Phi) is 14.0. The fourth-order valence-electron chi connectivity index (χ4n) is 4.77. The minimum atomic E-state index is -3.01. The smallest absolute Gasteiger partial charge is 0.387 e. The zero-order valence-electron chi connectivity index (χ0n) is 26.2. The minimum Gasteiger partial charge on any atom is -0.611 e. The third-order valence-electron chi connectivity index (χ3n) is 7.16. The lowest BCUT2D eigenvalue weighted by molar-refractivity contribution is -0.111. The van der Waals surface area contributed by atoms with Crippen LogP contribution in [0.1, 0.15) is 56.4 Å². The number of halogens is 2. The standard InChI is InChI=1S/C35H41F2N3O5S/c1-3-5-19-43-20-21-44-31-12-6-26(7-13-31)27-8-16-33(45-35(36)37)28(22-27)9-17-34(41)39-29-10-14-32(15-11-29)46(42)24-30-23-38-25-40(30)18-4-2/h6-12,14-17,22-23,25,31,35H,3-5,13,18-21,24H2,1-2H3,(H,39,41)/b17-9+/t31?,46-/m0/s1. The summed E-state index contributed by atoms with van der Waals surface area (Å²) in [6.07, 6.45) is 15.8. The molecule has 1 aliphatic carbocycles. The van der Waals surface area contributed by atoms with Gasteiger partial charge in [0.05, 0.1) is 37.5 Å². The number of benzene rings is 2. The molecule has 0 spiro atoms. The highest BCUT2D eigenvalue weighted by Gasteiger charge is 2.16. The lowest BCUT2D eigenvalue weighted by Gasteiger charge is -2.18. The van der Waals surface area contributed by atoms with Crippen molar-refractivity contribution in [2.24, 2.45) is 0 Å². The van der Waals surface area contributed by atoms with Crippen molar-refractivity contribution in [1.82, 2.24) is 9.55 Å². The highest BCUT2D eigenvalue weighted by Crippen LogP contribution is 2.30. The first kappa shape index (κ1) is 35.1. The topological polar surface area (TPSA) is 97.7 Å². The lowest BCUT2D eigenvalue weighted by Crippen LogP contribution is -2.15. The number of amides is 1. The summed E-state index contributed by atoms with van der Waals surface area (Å²) in [5, 5.41) is 2.75. The van der Waals surface area contributed by atoms with Crippen molar-refractivity contribution in [2.75, 3.05) is 25.1 Å². The first-order valence-corrected chi connectivity index (χ1v) is 16.8. The SMILES string of the molecule is CCCCOCCOC1C=CC(c2ccc(OC(F)F)c(/C=C/C(=O)Nc3ccc([S@@+]([O-])Cc4cncn4CCC)cc3)c2)=CC1. The Hall–Kier alpha value is -3.77. The van der Waals surface area contributed by atoms with Crippen LogP contribution in [-0.4, -0.2) is 52.5 Å². The van der Waals surface area contributed by atoms with Crippen molar-refractivity contribution in [3.05, 3.63) is 96.1 Å². The summed E-state index contributed by atoms with van der Waals surface area (Å²) in [5.74, 6) is -0.160. The number of unbranched alkanes of at least 4 members (excludes halogenated alkanes) is 1. The summed E-state index contributed by atoms with van der Waals surface area (Å²) in [5.41, 5.74) is 3.44. The molecule has 4 rings (SSSR count). The summed E-state index contributed by atoms with van der Waals surface area (Å²) in [6, 6.07) is 11.6.